The van der Waals surface area contributed by atoms with Crippen molar-refractivity contribution in [3.8, 4) is 0 Å². The van der Waals surface area contributed by atoms with Crippen LogP contribution in [0.2, 0.25) is 0 Å². The van der Waals surface area contributed by atoms with Crippen molar-refractivity contribution in [3.05, 3.63) is 0 Å². The van der Waals surface area contributed by atoms with Gasteiger partial charge < -0.3 is 4.90 Å². The fourth-order valence-corrected chi connectivity index (χ4v) is 1.81. The lowest BCUT2D eigenvalue weighted by Gasteiger charge is -2.15. The van der Waals surface area contributed by atoms with Crippen molar-refractivity contribution in [1.82, 2.24) is 4.90 Å². The van der Waals surface area contributed by atoms with Crippen LogP contribution in [0.25, 0.3) is 0 Å². The minimum Gasteiger partial charge on any atom is -0.337 e. The highest BCUT2D eigenvalue weighted by Gasteiger charge is 2.30. The van der Waals surface area contributed by atoms with Gasteiger partial charge in [0.05, 0.1) is 0 Å². The summed E-state index contributed by atoms with van der Waals surface area (Å²) in [6.07, 6.45) is 0.140. The van der Waals surface area contributed by atoms with E-state index in [0.29, 0.717) is 19.0 Å². The fourth-order valence-electron chi connectivity index (χ4n) is 1.81. The van der Waals surface area contributed by atoms with Gasteiger partial charge in [-0.3, -0.25) is 4.79 Å². The van der Waals surface area contributed by atoms with Gasteiger partial charge in [0.25, 0.3) is 5.91 Å². The number of halogens is 2. The average molecular weight is 191 g/mol. The summed E-state index contributed by atoms with van der Waals surface area (Å²) in [6, 6.07) is 0. The molecule has 1 heterocycles. The van der Waals surface area contributed by atoms with E-state index in [4.69, 9.17) is 0 Å². The van der Waals surface area contributed by atoms with Crippen LogP contribution in [0.4, 0.5) is 8.78 Å². The zero-order chi connectivity index (χ0) is 9.84. The Bertz CT molecular complexity index is 184. The van der Waals surface area contributed by atoms with Gasteiger partial charge in [0.15, 0.2) is 0 Å². The molecule has 0 bridgehead atoms. The molecule has 1 fully saturated rings. The molecule has 1 saturated heterocycles. The van der Waals surface area contributed by atoms with Gasteiger partial charge >= 0.3 is 6.43 Å². The first-order valence-corrected chi connectivity index (χ1v) is 4.72. The zero-order valence-corrected chi connectivity index (χ0v) is 7.80. The van der Waals surface area contributed by atoms with E-state index < -0.39 is 12.3 Å². The Morgan fingerprint density at radius 1 is 1.62 bits per heavy atom. The van der Waals surface area contributed by atoms with E-state index in [1.54, 1.807) is 0 Å². The van der Waals surface area contributed by atoms with E-state index in [2.05, 4.69) is 6.92 Å². The normalized spacial score (nSPS) is 22.8. The van der Waals surface area contributed by atoms with Gasteiger partial charge in [-0.25, -0.2) is 0 Å². The number of hydrogen-bond acceptors (Lipinski definition) is 1. The molecular weight excluding hydrogens is 176 g/mol. The molecule has 1 unspecified atom stereocenters. The first kappa shape index (κ1) is 10.4. The maximum absolute atomic E-state index is 12.0. The summed E-state index contributed by atoms with van der Waals surface area (Å²) < 4.78 is 24.0. The van der Waals surface area contributed by atoms with Crippen molar-refractivity contribution in [2.75, 3.05) is 13.1 Å². The number of hydrogen-bond donors (Lipinski definition) is 0. The van der Waals surface area contributed by atoms with Crippen molar-refractivity contribution in [3.63, 3.8) is 0 Å². The third kappa shape index (κ3) is 2.64. The van der Waals surface area contributed by atoms with Crippen molar-refractivity contribution < 1.29 is 13.6 Å². The highest BCUT2D eigenvalue weighted by Crippen LogP contribution is 2.21. The van der Waals surface area contributed by atoms with Crippen molar-refractivity contribution in [2.24, 2.45) is 5.92 Å². The van der Waals surface area contributed by atoms with E-state index in [-0.39, 0.29) is 0 Å². The summed E-state index contributed by atoms with van der Waals surface area (Å²) in [5.74, 6) is -0.564. The molecular formula is C9H15F2NO. The van der Waals surface area contributed by atoms with Crippen LogP contribution in [0.3, 0.4) is 0 Å². The summed E-state index contributed by atoms with van der Waals surface area (Å²) in [4.78, 5) is 12.2. The van der Waals surface area contributed by atoms with Gasteiger partial charge in [-0.05, 0) is 18.8 Å². The van der Waals surface area contributed by atoms with E-state index >= 15 is 0 Å². The Kier molecular flexibility index (Phi) is 3.63. The number of carbonyl (C=O) groups is 1. The molecule has 1 aliphatic rings. The molecule has 13 heavy (non-hydrogen) atoms. The van der Waals surface area contributed by atoms with Crippen molar-refractivity contribution in [2.45, 2.75) is 32.6 Å². The Labute approximate surface area is 76.9 Å². The molecule has 1 aliphatic heterocycles. The second-order valence-corrected chi connectivity index (χ2v) is 3.53. The van der Waals surface area contributed by atoms with Crippen LogP contribution in [-0.4, -0.2) is 30.3 Å². The monoisotopic (exact) mass is 191 g/mol. The second-order valence-electron chi connectivity index (χ2n) is 3.53. The van der Waals surface area contributed by atoms with Gasteiger partial charge in [-0.2, -0.15) is 8.78 Å². The van der Waals surface area contributed by atoms with Crippen LogP contribution in [-0.2, 0) is 4.79 Å². The van der Waals surface area contributed by atoms with Gasteiger partial charge in [-0.15, -0.1) is 0 Å². The summed E-state index contributed by atoms with van der Waals surface area (Å²) >= 11 is 0. The van der Waals surface area contributed by atoms with Gasteiger partial charge in [0, 0.05) is 13.1 Å². The van der Waals surface area contributed by atoms with Crippen LogP contribution in [0.5, 0.6) is 0 Å². The highest BCUT2D eigenvalue weighted by atomic mass is 19.3. The molecule has 1 atom stereocenters. The van der Waals surface area contributed by atoms with Crippen LogP contribution >= 0.6 is 0 Å². The van der Waals surface area contributed by atoms with E-state index in [1.807, 2.05) is 0 Å². The molecule has 0 aliphatic carbocycles. The third-order valence-corrected chi connectivity index (χ3v) is 2.48. The number of amides is 1. The first-order valence-electron chi connectivity index (χ1n) is 4.72. The maximum Gasteiger partial charge on any atom is 0.315 e. The smallest absolute Gasteiger partial charge is 0.315 e. The number of nitrogens with zero attached hydrogens (tertiary/aromatic N) is 1. The zero-order valence-electron chi connectivity index (χ0n) is 7.80. The predicted octanol–water partition coefficient (Wildman–Crippen LogP) is 1.90. The Morgan fingerprint density at radius 3 is 2.85 bits per heavy atom. The molecule has 2 nitrogen and oxygen atoms in total. The summed E-state index contributed by atoms with van der Waals surface area (Å²) in [7, 11) is 0. The van der Waals surface area contributed by atoms with Crippen LogP contribution < -0.4 is 0 Å². The van der Waals surface area contributed by atoms with Crippen molar-refractivity contribution >= 4 is 5.91 Å². The van der Waals surface area contributed by atoms with Gasteiger partial charge in [-0.1, -0.05) is 13.3 Å². The summed E-state index contributed by atoms with van der Waals surface area (Å²) in [5.41, 5.74) is 0. The highest BCUT2D eigenvalue weighted by molar-refractivity contribution is 5.79. The molecule has 0 aromatic carbocycles. The molecule has 0 N–H and O–H groups in total. The molecule has 0 saturated carbocycles. The molecule has 1 amide bonds. The number of carbonyl (C=O) groups excluding carboxylic acids is 1. The maximum atomic E-state index is 12.0. The predicted molar refractivity (Wildman–Crippen MR) is 45.6 cm³/mol. The lowest BCUT2D eigenvalue weighted by atomic mass is 10.0. The number of alkyl halides is 2. The lowest BCUT2D eigenvalue weighted by Crippen LogP contribution is -2.33. The number of rotatable bonds is 3. The minimum absolute atomic E-state index is 0.438. The van der Waals surface area contributed by atoms with E-state index in [9.17, 15) is 13.6 Å². The van der Waals surface area contributed by atoms with Crippen LogP contribution in [0, 0.1) is 5.92 Å². The molecule has 76 valence electrons. The Balaban J connectivity index is 2.36. The third-order valence-electron chi connectivity index (χ3n) is 2.48. The Morgan fingerprint density at radius 2 is 2.31 bits per heavy atom. The van der Waals surface area contributed by atoms with Crippen molar-refractivity contribution in [1.29, 1.82) is 0 Å². The summed E-state index contributed by atoms with van der Waals surface area (Å²) in [5, 5.41) is 0. The lowest BCUT2D eigenvalue weighted by molar-refractivity contribution is -0.141. The van der Waals surface area contributed by atoms with E-state index in [0.717, 1.165) is 19.3 Å². The van der Waals surface area contributed by atoms with Crippen LogP contribution in [0.15, 0.2) is 0 Å². The number of likely N-dealkylation sites (tertiary alicyclic amines) is 1. The topological polar surface area (TPSA) is 20.3 Å². The fraction of sp³-hybridized carbons (Fsp3) is 0.889. The second kappa shape index (κ2) is 4.53. The average Bonchev–Trinajstić information content (AvgIpc) is 2.52. The molecule has 4 heteroatoms. The first-order chi connectivity index (χ1) is 6.15. The standard InChI is InChI=1S/C9H15F2NO/c1-2-3-7-4-5-12(6-7)9(13)8(10)11/h7-8H,2-6H2,1H3. The molecule has 0 spiro atoms. The molecule has 0 radical (unpaired) electrons. The van der Waals surface area contributed by atoms with Crippen LogP contribution in [0.1, 0.15) is 26.2 Å². The molecule has 0 aromatic heterocycles. The minimum atomic E-state index is -2.83. The Hall–Kier alpha value is -0.670. The van der Waals surface area contributed by atoms with E-state index in [1.165, 1.54) is 4.90 Å². The molecule has 0 aromatic rings. The summed E-state index contributed by atoms with van der Waals surface area (Å²) in [6.45, 7) is 3.10. The quantitative estimate of drug-likeness (QED) is 0.667. The van der Waals surface area contributed by atoms with Gasteiger partial charge in [0.2, 0.25) is 0 Å². The van der Waals surface area contributed by atoms with Gasteiger partial charge in [0.1, 0.15) is 0 Å². The largest absolute Gasteiger partial charge is 0.337 e. The molecule has 1 rings (SSSR count). The SMILES string of the molecule is CCCC1CCN(C(=O)C(F)F)C1.